The first kappa shape index (κ1) is 10.4. The summed E-state index contributed by atoms with van der Waals surface area (Å²) in [6.45, 7) is 6.04. The minimum atomic E-state index is 0.764. The van der Waals surface area contributed by atoms with Crippen LogP contribution in [-0.2, 0) is 0 Å². The standard InChI is InChI=1S/C12H24N2/c1-4-10-8-12(10)14-6-5-11(13-3)7-9(14)2/h9-13H,4-8H2,1-3H3. The van der Waals surface area contributed by atoms with Crippen molar-refractivity contribution in [2.75, 3.05) is 13.6 Å². The molecule has 2 rings (SSSR count). The van der Waals surface area contributed by atoms with E-state index >= 15 is 0 Å². The average molecular weight is 196 g/mol. The molecule has 2 aliphatic rings. The highest BCUT2D eigenvalue weighted by Gasteiger charge is 2.43. The fourth-order valence-electron chi connectivity index (χ4n) is 3.02. The molecule has 1 heterocycles. The number of piperidine rings is 1. The van der Waals surface area contributed by atoms with Gasteiger partial charge in [0.1, 0.15) is 0 Å². The largest absolute Gasteiger partial charge is 0.317 e. The Morgan fingerprint density at radius 3 is 2.64 bits per heavy atom. The van der Waals surface area contributed by atoms with Crippen molar-refractivity contribution in [2.45, 2.75) is 57.7 Å². The monoisotopic (exact) mass is 196 g/mol. The van der Waals surface area contributed by atoms with E-state index in [1.165, 1.54) is 32.2 Å². The van der Waals surface area contributed by atoms with Gasteiger partial charge in [0.15, 0.2) is 0 Å². The second-order valence-electron chi connectivity index (χ2n) is 5.07. The summed E-state index contributed by atoms with van der Waals surface area (Å²) in [4.78, 5) is 2.75. The third-order valence-corrected chi connectivity index (χ3v) is 4.17. The van der Waals surface area contributed by atoms with Gasteiger partial charge in [-0.15, -0.1) is 0 Å². The third kappa shape index (κ3) is 1.96. The van der Waals surface area contributed by atoms with E-state index < -0.39 is 0 Å². The van der Waals surface area contributed by atoms with Crippen molar-refractivity contribution < 1.29 is 0 Å². The highest BCUT2D eigenvalue weighted by atomic mass is 15.2. The van der Waals surface area contributed by atoms with E-state index in [0.29, 0.717) is 0 Å². The van der Waals surface area contributed by atoms with Gasteiger partial charge in [-0.25, -0.2) is 0 Å². The first-order chi connectivity index (χ1) is 6.76. The molecule has 2 fully saturated rings. The van der Waals surface area contributed by atoms with E-state index in [0.717, 1.165) is 24.0 Å². The molecule has 1 saturated carbocycles. The van der Waals surface area contributed by atoms with Gasteiger partial charge in [-0.2, -0.15) is 0 Å². The van der Waals surface area contributed by atoms with Gasteiger partial charge in [0.05, 0.1) is 0 Å². The molecule has 14 heavy (non-hydrogen) atoms. The van der Waals surface area contributed by atoms with Crippen LogP contribution in [0.25, 0.3) is 0 Å². The summed E-state index contributed by atoms with van der Waals surface area (Å²) in [6, 6.07) is 2.50. The quantitative estimate of drug-likeness (QED) is 0.741. The highest BCUT2D eigenvalue weighted by Crippen LogP contribution is 2.40. The lowest BCUT2D eigenvalue weighted by molar-refractivity contribution is 0.124. The van der Waals surface area contributed by atoms with Crippen LogP contribution in [0.1, 0.15) is 39.5 Å². The topological polar surface area (TPSA) is 15.3 Å². The van der Waals surface area contributed by atoms with E-state index in [1.807, 2.05) is 0 Å². The van der Waals surface area contributed by atoms with Gasteiger partial charge in [-0.3, -0.25) is 4.90 Å². The Kier molecular flexibility index (Phi) is 3.13. The van der Waals surface area contributed by atoms with Crippen LogP contribution in [0.4, 0.5) is 0 Å². The molecule has 1 aliphatic heterocycles. The summed E-state index contributed by atoms with van der Waals surface area (Å²) < 4.78 is 0. The van der Waals surface area contributed by atoms with Gasteiger partial charge in [-0.1, -0.05) is 13.3 Å². The van der Waals surface area contributed by atoms with Crippen LogP contribution in [0.3, 0.4) is 0 Å². The number of hydrogen-bond donors (Lipinski definition) is 1. The number of nitrogens with one attached hydrogen (secondary N) is 1. The summed E-state index contributed by atoms with van der Waals surface area (Å²) >= 11 is 0. The first-order valence-corrected chi connectivity index (χ1v) is 6.19. The third-order valence-electron chi connectivity index (χ3n) is 4.17. The van der Waals surface area contributed by atoms with Crippen LogP contribution in [-0.4, -0.2) is 36.6 Å². The van der Waals surface area contributed by atoms with Crippen molar-refractivity contribution in [3.05, 3.63) is 0 Å². The Morgan fingerprint density at radius 1 is 1.36 bits per heavy atom. The Hall–Kier alpha value is -0.0800. The van der Waals surface area contributed by atoms with Crippen LogP contribution >= 0.6 is 0 Å². The minimum Gasteiger partial charge on any atom is -0.317 e. The fraction of sp³-hybridized carbons (Fsp3) is 1.00. The molecule has 0 bridgehead atoms. The van der Waals surface area contributed by atoms with Crippen LogP contribution in [0.15, 0.2) is 0 Å². The molecular weight excluding hydrogens is 172 g/mol. The number of rotatable bonds is 3. The van der Waals surface area contributed by atoms with E-state index in [1.54, 1.807) is 0 Å². The van der Waals surface area contributed by atoms with Crippen molar-refractivity contribution in [2.24, 2.45) is 5.92 Å². The molecule has 82 valence electrons. The fourth-order valence-corrected chi connectivity index (χ4v) is 3.02. The second-order valence-corrected chi connectivity index (χ2v) is 5.07. The van der Waals surface area contributed by atoms with Crippen LogP contribution in [0, 0.1) is 5.92 Å². The zero-order valence-corrected chi connectivity index (χ0v) is 9.79. The van der Waals surface area contributed by atoms with Crippen molar-refractivity contribution >= 4 is 0 Å². The lowest BCUT2D eigenvalue weighted by atomic mass is 9.98. The second kappa shape index (κ2) is 4.19. The molecule has 2 heteroatoms. The van der Waals surface area contributed by atoms with Gasteiger partial charge in [-0.05, 0) is 39.2 Å². The molecule has 0 amide bonds. The molecule has 1 N–H and O–H groups in total. The SMILES string of the molecule is CCC1CC1N1CCC(NC)CC1C. The Bertz CT molecular complexity index is 193. The maximum absolute atomic E-state index is 3.41. The van der Waals surface area contributed by atoms with Crippen LogP contribution in [0.2, 0.25) is 0 Å². The van der Waals surface area contributed by atoms with Crippen LogP contribution < -0.4 is 5.32 Å². The van der Waals surface area contributed by atoms with Gasteiger partial charge >= 0.3 is 0 Å². The lowest BCUT2D eigenvalue weighted by Gasteiger charge is -2.38. The van der Waals surface area contributed by atoms with Crippen molar-refractivity contribution in [1.82, 2.24) is 10.2 Å². The summed E-state index contributed by atoms with van der Waals surface area (Å²) in [7, 11) is 2.10. The molecule has 2 nitrogen and oxygen atoms in total. The normalized spacial score (nSPS) is 43.9. The number of likely N-dealkylation sites (tertiary alicyclic amines) is 1. The van der Waals surface area contributed by atoms with Crippen molar-refractivity contribution in [3.63, 3.8) is 0 Å². The molecule has 0 aromatic heterocycles. The molecule has 0 aromatic rings. The summed E-state index contributed by atoms with van der Waals surface area (Å²) in [6.07, 6.45) is 5.52. The summed E-state index contributed by atoms with van der Waals surface area (Å²) in [5.74, 6) is 1.02. The minimum absolute atomic E-state index is 0.764. The Balaban J connectivity index is 1.84. The van der Waals surface area contributed by atoms with Crippen LogP contribution in [0.5, 0.6) is 0 Å². The van der Waals surface area contributed by atoms with Gasteiger partial charge < -0.3 is 5.32 Å². The number of nitrogens with zero attached hydrogens (tertiary/aromatic N) is 1. The predicted octanol–water partition coefficient (Wildman–Crippen LogP) is 1.86. The first-order valence-electron chi connectivity index (χ1n) is 6.19. The summed E-state index contributed by atoms with van der Waals surface area (Å²) in [5.41, 5.74) is 0. The zero-order valence-electron chi connectivity index (χ0n) is 9.79. The Morgan fingerprint density at radius 2 is 2.14 bits per heavy atom. The van der Waals surface area contributed by atoms with E-state index in [9.17, 15) is 0 Å². The number of hydrogen-bond acceptors (Lipinski definition) is 2. The summed E-state index contributed by atoms with van der Waals surface area (Å²) in [5, 5.41) is 3.41. The molecule has 1 saturated heterocycles. The molecule has 4 unspecified atom stereocenters. The van der Waals surface area contributed by atoms with E-state index in [4.69, 9.17) is 0 Å². The maximum atomic E-state index is 3.41. The van der Waals surface area contributed by atoms with E-state index in [2.05, 4.69) is 31.1 Å². The molecule has 4 atom stereocenters. The Labute approximate surface area is 88.1 Å². The molecule has 0 radical (unpaired) electrons. The zero-order chi connectivity index (χ0) is 10.1. The molecule has 0 spiro atoms. The van der Waals surface area contributed by atoms with Gasteiger partial charge in [0.2, 0.25) is 0 Å². The lowest BCUT2D eigenvalue weighted by Crippen LogP contribution is -2.47. The predicted molar refractivity (Wildman–Crippen MR) is 60.4 cm³/mol. The molecular formula is C12H24N2. The van der Waals surface area contributed by atoms with Gasteiger partial charge in [0, 0.05) is 24.7 Å². The highest BCUT2D eigenvalue weighted by molar-refractivity contribution is 4.98. The smallest absolute Gasteiger partial charge is 0.0130 e. The van der Waals surface area contributed by atoms with Crippen molar-refractivity contribution in [1.29, 1.82) is 0 Å². The molecule has 0 aromatic carbocycles. The maximum Gasteiger partial charge on any atom is 0.0130 e. The van der Waals surface area contributed by atoms with E-state index in [-0.39, 0.29) is 0 Å². The molecule has 1 aliphatic carbocycles. The average Bonchev–Trinajstić information content (AvgIpc) is 2.96. The van der Waals surface area contributed by atoms with Gasteiger partial charge in [0.25, 0.3) is 0 Å². The van der Waals surface area contributed by atoms with Crippen molar-refractivity contribution in [3.8, 4) is 0 Å².